The molecule has 2 aliphatic carbocycles. The van der Waals surface area contributed by atoms with Crippen molar-refractivity contribution in [2.45, 2.75) is 58.5 Å². The summed E-state index contributed by atoms with van der Waals surface area (Å²) in [6.45, 7) is 10.4. The van der Waals surface area contributed by atoms with E-state index < -0.39 is 0 Å². The van der Waals surface area contributed by atoms with Crippen LogP contribution in [0.4, 0.5) is 0 Å². The van der Waals surface area contributed by atoms with Crippen molar-refractivity contribution in [3.63, 3.8) is 0 Å². The molecule has 2 bridgehead atoms. The molecule has 1 N–H and O–H groups in total. The Morgan fingerprint density at radius 3 is 2.44 bits per heavy atom. The monoisotopic (exact) mass is 224 g/mol. The summed E-state index contributed by atoms with van der Waals surface area (Å²) in [6.07, 6.45) is 5.96. The van der Waals surface area contributed by atoms with Crippen LogP contribution in [0.2, 0.25) is 0 Å². The summed E-state index contributed by atoms with van der Waals surface area (Å²) >= 11 is 0. The maximum atomic E-state index is 3.82. The second kappa shape index (κ2) is 5.50. The highest BCUT2D eigenvalue weighted by Gasteiger charge is 2.39. The molecule has 0 aromatic rings. The number of rotatable bonds is 6. The van der Waals surface area contributed by atoms with Crippen LogP contribution in [-0.4, -0.2) is 36.6 Å². The van der Waals surface area contributed by atoms with E-state index in [9.17, 15) is 0 Å². The molecule has 2 rings (SSSR count). The molecular formula is C14H28N2. The summed E-state index contributed by atoms with van der Waals surface area (Å²) in [7, 11) is 0. The number of likely N-dealkylation sites (N-methyl/N-ethyl adjacent to an activating group) is 1. The molecule has 0 saturated heterocycles. The van der Waals surface area contributed by atoms with Gasteiger partial charge in [-0.15, -0.1) is 0 Å². The molecule has 0 amide bonds. The van der Waals surface area contributed by atoms with E-state index in [0.717, 1.165) is 17.9 Å². The Hall–Kier alpha value is -0.0800. The molecule has 0 aliphatic heterocycles. The van der Waals surface area contributed by atoms with Crippen molar-refractivity contribution >= 4 is 0 Å². The first-order valence-electron chi connectivity index (χ1n) is 7.22. The Morgan fingerprint density at radius 1 is 1.19 bits per heavy atom. The van der Waals surface area contributed by atoms with E-state index in [-0.39, 0.29) is 0 Å². The van der Waals surface area contributed by atoms with E-state index in [1.165, 1.54) is 45.3 Å². The standard InChI is InChI=1S/C14H28N2/c1-4-16(5-2)11(3)10-15-14-9-12-6-7-13(14)8-12/h11-15H,4-10H2,1-3H3. The van der Waals surface area contributed by atoms with Crippen molar-refractivity contribution in [1.82, 2.24) is 10.2 Å². The van der Waals surface area contributed by atoms with Gasteiger partial charge in [0.2, 0.25) is 0 Å². The first-order chi connectivity index (χ1) is 7.74. The van der Waals surface area contributed by atoms with Gasteiger partial charge in [-0.05, 0) is 51.1 Å². The van der Waals surface area contributed by atoms with E-state index in [0.29, 0.717) is 6.04 Å². The lowest BCUT2D eigenvalue weighted by atomic mass is 9.95. The van der Waals surface area contributed by atoms with E-state index >= 15 is 0 Å². The Labute approximate surface area is 101 Å². The lowest BCUT2D eigenvalue weighted by Gasteiger charge is -2.30. The van der Waals surface area contributed by atoms with Gasteiger partial charge in [-0.2, -0.15) is 0 Å². The Morgan fingerprint density at radius 2 is 1.94 bits per heavy atom. The molecule has 0 aromatic carbocycles. The van der Waals surface area contributed by atoms with Crippen LogP contribution in [0.1, 0.15) is 46.5 Å². The largest absolute Gasteiger partial charge is 0.312 e. The lowest BCUT2D eigenvalue weighted by molar-refractivity contribution is 0.213. The van der Waals surface area contributed by atoms with Crippen molar-refractivity contribution in [3.8, 4) is 0 Å². The average molecular weight is 224 g/mol. The summed E-state index contributed by atoms with van der Waals surface area (Å²) in [5, 5.41) is 3.82. The van der Waals surface area contributed by atoms with Gasteiger partial charge in [0.05, 0.1) is 0 Å². The highest BCUT2D eigenvalue weighted by molar-refractivity contribution is 4.94. The summed E-state index contributed by atoms with van der Waals surface area (Å²) in [5.41, 5.74) is 0. The fraction of sp³-hybridized carbons (Fsp3) is 1.00. The molecular weight excluding hydrogens is 196 g/mol. The molecule has 0 spiro atoms. The smallest absolute Gasteiger partial charge is 0.0192 e. The van der Waals surface area contributed by atoms with Gasteiger partial charge in [0.25, 0.3) is 0 Å². The third-order valence-electron chi connectivity index (χ3n) is 4.85. The second-order valence-corrected chi connectivity index (χ2v) is 5.76. The van der Waals surface area contributed by atoms with E-state index in [2.05, 4.69) is 31.0 Å². The first kappa shape index (κ1) is 12.4. The molecule has 2 saturated carbocycles. The van der Waals surface area contributed by atoms with Gasteiger partial charge < -0.3 is 5.32 Å². The number of hydrogen-bond donors (Lipinski definition) is 1. The maximum absolute atomic E-state index is 3.82. The van der Waals surface area contributed by atoms with Crippen LogP contribution in [0.15, 0.2) is 0 Å². The number of nitrogens with one attached hydrogen (secondary N) is 1. The highest BCUT2D eigenvalue weighted by atomic mass is 15.2. The van der Waals surface area contributed by atoms with Gasteiger partial charge in [0.1, 0.15) is 0 Å². The number of nitrogens with zero attached hydrogens (tertiary/aromatic N) is 1. The summed E-state index contributed by atoms with van der Waals surface area (Å²) in [4.78, 5) is 2.54. The number of hydrogen-bond acceptors (Lipinski definition) is 2. The van der Waals surface area contributed by atoms with Crippen molar-refractivity contribution in [1.29, 1.82) is 0 Å². The van der Waals surface area contributed by atoms with Gasteiger partial charge >= 0.3 is 0 Å². The van der Waals surface area contributed by atoms with Crippen LogP contribution in [0.5, 0.6) is 0 Å². The van der Waals surface area contributed by atoms with Crippen molar-refractivity contribution in [2.24, 2.45) is 11.8 Å². The average Bonchev–Trinajstić information content (AvgIpc) is 2.89. The predicted molar refractivity (Wildman–Crippen MR) is 69.6 cm³/mol. The Balaban J connectivity index is 1.71. The first-order valence-corrected chi connectivity index (χ1v) is 7.22. The third kappa shape index (κ3) is 2.60. The van der Waals surface area contributed by atoms with E-state index in [1.807, 2.05) is 0 Å². The summed E-state index contributed by atoms with van der Waals surface area (Å²) in [6, 6.07) is 1.53. The number of fused-ring (bicyclic) bond motifs is 2. The van der Waals surface area contributed by atoms with Gasteiger partial charge in [-0.25, -0.2) is 0 Å². The van der Waals surface area contributed by atoms with Crippen LogP contribution in [0, 0.1) is 11.8 Å². The molecule has 0 radical (unpaired) electrons. The van der Waals surface area contributed by atoms with Crippen molar-refractivity contribution in [3.05, 3.63) is 0 Å². The molecule has 0 heterocycles. The normalized spacial score (nSPS) is 34.9. The second-order valence-electron chi connectivity index (χ2n) is 5.76. The predicted octanol–water partition coefficient (Wildman–Crippen LogP) is 2.49. The van der Waals surface area contributed by atoms with Crippen LogP contribution < -0.4 is 5.32 Å². The topological polar surface area (TPSA) is 15.3 Å². The highest BCUT2D eigenvalue weighted by Crippen LogP contribution is 2.44. The molecule has 0 aromatic heterocycles. The zero-order chi connectivity index (χ0) is 11.5. The molecule has 2 nitrogen and oxygen atoms in total. The molecule has 4 atom stereocenters. The summed E-state index contributed by atoms with van der Waals surface area (Å²) in [5.74, 6) is 2.07. The molecule has 2 heteroatoms. The Bertz CT molecular complexity index is 213. The van der Waals surface area contributed by atoms with Crippen LogP contribution >= 0.6 is 0 Å². The van der Waals surface area contributed by atoms with Crippen molar-refractivity contribution in [2.75, 3.05) is 19.6 Å². The fourth-order valence-electron chi connectivity index (χ4n) is 3.79. The minimum atomic E-state index is 0.689. The van der Waals surface area contributed by atoms with Crippen LogP contribution in [0.25, 0.3) is 0 Å². The fourth-order valence-corrected chi connectivity index (χ4v) is 3.79. The van der Waals surface area contributed by atoms with Gasteiger partial charge in [-0.3, -0.25) is 4.90 Å². The van der Waals surface area contributed by atoms with E-state index in [1.54, 1.807) is 0 Å². The third-order valence-corrected chi connectivity index (χ3v) is 4.85. The zero-order valence-corrected chi connectivity index (χ0v) is 11.2. The maximum Gasteiger partial charge on any atom is 0.0192 e. The van der Waals surface area contributed by atoms with Crippen LogP contribution in [-0.2, 0) is 0 Å². The molecule has 2 aliphatic rings. The lowest BCUT2D eigenvalue weighted by Crippen LogP contribution is -2.44. The Kier molecular flexibility index (Phi) is 4.26. The molecule has 16 heavy (non-hydrogen) atoms. The van der Waals surface area contributed by atoms with Crippen molar-refractivity contribution < 1.29 is 0 Å². The molecule has 2 fully saturated rings. The molecule has 94 valence electrons. The minimum Gasteiger partial charge on any atom is -0.312 e. The summed E-state index contributed by atoms with van der Waals surface area (Å²) < 4.78 is 0. The van der Waals surface area contributed by atoms with Gasteiger partial charge in [-0.1, -0.05) is 20.3 Å². The zero-order valence-electron chi connectivity index (χ0n) is 11.2. The van der Waals surface area contributed by atoms with Crippen LogP contribution in [0.3, 0.4) is 0 Å². The minimum absolute atomic E-state index is 0.689. The van der Waals surface area contributed by atoms with Gasteiger partial charge in [0.15, 0.2) is 0 Å². The molecule has 4 unspecified atom stereocenters. The van der Waals surface area contributed by atoms with Gasteiger partial charge in [0, 0.05) is 18.6 Å². The van der Waals surface area contributed by atoms with E-state index in [4.69, 9.17) is 0 Å². The quantitative estimate of drug-likeness (QED) is 0.746. The SMILES string of the molecule is CCN(CC)C(C)CNC1CC2CCC1C2.